The third-order valence-corrected chi connectivity index (χ3v) is 9.27. The number of carbonyl (C=O) groups is 1. The fourth-order valence-electron chi connectivity index (χ4n) is 6.46. The minimum Gasteiger partial charge on any atom is -0.493 e. The molecule has 50 heavy (non-hydrogen) atoms. The molecule has 8 rings (SSSR count). The van der Waals surface area contributed by atoms with Crippen LogP contribution in [0, 0.1) is 5.82 Å². The van der Waals surface area contributed by atoms with Gasteiger partial charge in [-0.25, -0.2) is 19.2 Å². The molecular weight excluding hydrogens is 639 g/mol. The lowest BCUT2D eigenvalue weighted by Gasteiger charge is -2.27. The summed E-state index contributed by atoms with van der Waals surface area (Å²) in [6.07, 6.45) is 5.54. The van der Waals surface area contributed by atoms with Gasteiger partial charge in [0.05, 0.1) is 41.5 Å². The van der Waals surface area contributed by atoms with E-state index in [1.165, 1.54) is 12.3 Å². The van der Waals surface area contributed by atoms with Crippen LogP contribution in [0.1, 0.15) is 45.7 Å². The number of fused-ring (bicyclic) bond motifs is 7. The van der Waals surface area contributed by atoms with Crippen molar-refractivity contribution in [2.75, 3.05) is 13.2 Å². The number of imidazole rings is 1. The summed E-state index contributed by atoms with van der Waals surface area (Å²) < 4.78 is 36.2. The number of hydrogen-bond donors (Lipinski definition) is 1. The van der Waals surface area contributed by atoms with E-state index in [0.29, 0.717) is 57.3 Å². The Balaban J connectivity index is 1.13. The van der Waals surface area contributed by atoms with Crippen LogP contribution in [0.25, 0.3) is 28.0 Å². The van der Waals surface area contributed by atoms with E-state index in [4.69, 9.17) is 24.2 Å². The number of aryl methyl sites for hydroxylation is 1. The smallest absolute Gasteiger partial charge is 0.335 e. The number of benzene rings is 3. The molecule has 1 fully saturated rings. The molecule has 2 aliphatic heterocycles. The SMILES string of the molecule is O=C(O)c1ccc2nc(Cc3ccc4cc3OCCCc3cc(-n5ccc(=O)c(F)c5)ccc3COc3cccc-4n3)n(CC3CCO3)c2c1. The van der Waals surface area contributed by atoms with E-state index in [1.807, 2.05) is 54.6 Å². The van der Waals surface area contributed by atoms with Crippen molar-refractivity contribution in [1.29, 1.82) is 0 Å². The molecule has 1 unspecified atom stereocenters. The average Bonchev–Trinajstić information content (AvgIpc) is 3.44. The van der Waals surface area contributed by atoms with Crippen LogP contribution >= 0.6 is 0 Å². The van der Waals surface area contributed by atoms with Crippen LogP contribution in [0.4, 0.5) is 4.39 Å². The highest BCUT2D eigenvalue weighted by Crippen LogP contribution is 2.32. The zero-order valence-electron chi connectivity index (χ0n) is 27.0. The summed E-state index contributed by atoms with van der Waals surface area (Å²) in [4.78, 5) is 33.2. The molecule has 0 aliphatic carbocycles. The number of halogens is 1. The first kappa shape index (κ1) is 31.5. The summed E-state index contributed by atoms with van der Waals surface area (Å²) in [5.41, 5.74) is 6.30. The number of carboxylic acids is 1. The lowest BCUT2D eigenvalue weighted by Crippen LogP contribution is -2.31. The predicted molar refractivity (Wildman–Crippen MR) is 184 cm³/mol. The monoisotopic (exact) mass is 672 g/mol. The van der Waals surface area contributed by atoms with E-state index in [0.717, 1.165) is 56.9 Å². The lowest BCUT2D eigenvalue weighted by molar-refractivity contribution is -0.0589. The molecule has 2 aliphatic rings. The Kier molecular flexibility index (Phi) is 8.33. The van der Waals surface area contributed by atoms with E-state index in [-0.39, 0.29) is 11.7 Å². The molecule has 5 heterocycles. The van der Waals surface area contributed by atoms with E-state index in [1.54, 1.807) is 29.0 Å². The van der Waals surface area contributed by atoms with Crippen molar-refractivity contribution in [3.8, 4) is 28.6 Å². The van der Waals surface area contributed by atoms with Crippen LogP contribution in [0.5, 0.6) is 11.6 Å². The molecule has 3 aromatic carbocycles. The van der Waals surface area contributed by atoms with E-state index in [9.17, 15) is 19.1 Å². The Hall–Kier alpha value is -5.81. The lowest BCUT2D eigenvalue weighted by atomic mass is 10.0. The standard InChI is InChI=1S/C39H33FN4O6/c40-31-22-43(14-12-35(31)45)29-10-8-28-23-50-38-5-1-4-32(42-38)25-6-7-26(36(19-25)49-15-2-3-24(28)17-29)20-37-41-33-11-9-27(39(46)47)18-34(33)44(37)21-30-13-16-48-30/h1,4-12,14,17-19,22,30H,2-3,13,15-16,20-21,23H2,(H,46,47). The maximum absolute atomic E-state index is 14.1. The van der Waals surface area contributed by atoms with Gasteiger partial charge >= 0.3 is 5.97 Å². The molecule has 10 nitrogen and oxygen atoms in total. The summed E-state index contributed by atoms with van der Waals surface area (Å²) in [7, 11) is 0. The molecule has 0 saturated carbocycles. The molecule has 252 valence electrons. The van der Waals surface area contributed by atoms with Crippen LogP contribution in [0.15, 0.2) is 96.1 Å². The number of nitrogens with zero attached hydrogens (tertiary/aromatic N) is 4. The Morgan fingerprint density at radius 3 is 2.68 bits per heavy atom. The zero-order chi connectivity index (χ0) is 34.2. The van der Waals surface area contributed by atoms with Crippen molar-refractivity contribution in [1.82, 2.24) is 19.1 Å². The Morgan fingerprint density at radius 1 is 0.960 bits per heavy atom. The van der Waals surface area contributed by atoms with Crippen LogP contribution in [0.3, 0.4) is 0 Å². The van der Waals surface area contributed by atoms with Gasteiger partial charge in [-0.1, -0.05) is 24.3 Å². The summed E-state index contributed by atoms with van der Waals surface area (Å²) in [6.45, 7) is 2.02. The van der Waals surface area contributed by atoms with Crippen molar-refractivity contribution >= 4 is 17.0 Å². The molecule has 0 radical (unpaired) electrons. The van der Waals surface area contributed by atoms with Gasteiger partial charge < -0.3 is 28.5 Å². The fraction of sp³-hybridized carbons (Fsp3) is 0.231. The van der Waals surface area contributed by atoms with E-state index >= 15 is 0 Å². The minimum absolute atomic E-state index is 0.0451. The van der Waals surface area contributed by atoms with Gasteiger partial charge in [0.15, 0.2) is 5.82 Å². The Bertz CT molecular complexity index is 2310. The second kappa shape index (κ2) is 13.2. The van der Waals surface area contributed by atoms with Crippen LogP contribution in [0.2, 0.25) is 0 Å². The van der Waals surface area contributed by atoms with Crippen LogP contribution in [-0.4, -0.2) is 49.5 Å². The molecule has 11 heteroatoms. The summed E-state index contributed by atoms with van der Waals surface area (Å²) in [5, 5.41) is 9.66. The molecule has 6 aromatic rings. The molecule has 0 spiro atoms. The highest BCUT2D eigenvalue weighted by atomic mass is 19.1. The highest BCUT2D eigenvalue weighted by Gasteiger charge is 2.23. The third-order valence-electron chi connectivity index (χ3n) is 9.27. The number of rotatable bonds is 6. The minimum atomic E-state index is -0.987. The average molecular weight is 673 g/mol. The zero-order valence-corrected chi connectivity index (χ0v) is 27.0. The summed E-state index contributed by atoms with van der Waals surface area (Å²) in [6, 6.07) is 23.7. The fourth-order valence-corrected chi connectivity index (χ4v) is 6.46. The number of aromatic nitrogens is 4. The normalized spacial score (nSPS) is 15.7. The van der Waals surface area contributed by atoms with Crippen molar-refractivity contribution in [2.45, 2.75) is 44.9 Å². The van der Waals surface area contributed by atoms with Gasteiger partial charge in [0.2, 0.25) is 11.3 Å². The van der Waals surface area contributed by atoms with E-state index < -0.39 is 17.2 Å². The summed E-state index contributed by atoms with van der Waals surface area (Å²) >= 11 is 0. The third kappa shape index (κ3) is 6.35. The largest absolute Gasteiger partial charge is 0.493 e. The topological polar surface area (TPSA) is 118 Å². The molecule has 1 saturated heterocycles. The molecule has 1 atom stereocenters. The Morgan fingerprint density at radius 2 is 1.86 bits per heavy atom. The maximum atomic E-state index is 14.1. The molecule has 0 amide bonds. The van der Waals surface area contributed by atoms with Gasteiger partial charge in [0, 0.05) is 54.4 Å². The van der Waals surface area contributed by atoms with E-state index in [2.05, 4.69) is 4.57 Å². The highest BCUT2D eigenvalue weighted by molar-refractivity contribution is 5.92. The molecular formula is C39H33FN4O6. The second-order valence-electron chi connectivity index (χ2n) is 12.5. The van der Waals surface area contributed by atoms with Crippen LogP contribution in [-0.2, 0) is 30.7 Å². The predicted octanol–water partition coefficient (Wildman–Crippen LogP) is 6.37. The molecule has 3 aromatic heterocycles. The first-order valence-electron chi connectivity index (χ1n) is 16.6. The molecule has 4 bridgehead atoms. The van der Waals surface area contributed by atoms with Crippen molar-refractivity contribution in [3.05, 3.63) is 135 Å². The van der Waals surface area contributed by atoms with Gasteiger partial charge in [0.25, 0.3) is 0 Å². The van der Waals surface area contributed by atoms with Crippen molar-refractivity contribution < 1.29 is 28.5 Å². The van der Waals surface area contributed by atoms with Gasteiger partial charge in [-0.2, -0.15) is 0 Å². The number of ether oxygens (including phenoxy) is 3. The quantitative estimate of drug-likeness (QED) is 0.217. The number of carboxylic acid groups (broad SMARTS) is 1. The van der Waals surface area contributed by atoms with Gasteiger partial charge in [-0.3, -0.25) is 4.79 Å². The van der Waals surface area contributed by atoms with Crippen molar-refractivity contribution in [2.24, 2.45) is 0 Å². The Labute approximate surface area is 286 Å². The number of aromatic carboxylic acids is 1. The van der Waals surface area contributed by atoms with Gasteiger partial charge in [-0.15, -0.1) is 0 Å². The summed E-state index contributed by atoms with van der Waals surface area (Å²) in [5.74, 6) is 0.176. The van der Waals surface area contributed by atoms with Gasteiger partial charge in [-0.05, 0) is 72.9 Å². The first-order chi connectivity index (χ1) is 24.4. The maximum Gasteiger partial charge on any atom is 0.335 e. The molecule has 1 N–H and O–H groups in total. The first-order valence-corrected chi connectivity index (χ1v) is 16.6. The van der Waals surface area contributed by atoms with Gasteiger partial charge in [0.1, 0.15) is 18.2 Å². The van der Waals surface area contributed by atoms with Crippen LogP contribution < -0.4 is 14.9 Å². The number of pyridine rings is 2. The number of hydrogen-bond acceptors (Lipinski definition) is 7. The second-order valence-corrected chi connectivity index (χ2v) is 12.5. The van der Waals surface area contributed by atoms with Crippen molar-refractivity contribution in [3.63, 3.8) is 0 Å².